The number of ether oxygens (including phenoxy) is 3. The van der Waals surface area contributed by atoms with Crippen LogP contribution in [0.2, 0.25) is 0 Å². The Morgan fingerprint density at radius 1 is 1.35 bits per heavy atom. The summed E-state index contributed by atoms with van der Waals surface area (Å²) in [6.45, 7) is 4.21. The topological polar surface area (TPSA) is 65.1 Å². The minimum absolute atomic E-state index is 0.317. The van der Waals surface area contributed by atoms with Gasteiger partial charge in [0.05, 0.1) is 25.7 Å². The summed E-state index contributed by atoms with van der Waals surface area (Å²) >= 11 is 6.40. The van der Waals surface area contributed by atoms with Gasteiger partial charge in [0, 0.05) is 0 Å². The number of carbonyl (C=O) groups is 2. The second kappa shape index (κ2) is 9.05. The van der Waals surface area contributed by atoms with E-state index in [-0.39, 0.29) is 5.91 Å². The first-order chi connectivity index (χ1) is 12.4. The maximum atomic E-state index is 12.6. The van der Waals surface area contributed by atoms with Crippen LogP contribution >= 0.6 is 24.0 Å². The van der Waals surface area contributed by atoms with Crippen molar-refractivity contribution in [1.82, 2.24) is 4.90 Å². The lowest BCUT2D eigenvalue weighted by molar-refractivity contribution is -0.147. The van der Waals surface area contributed by atoms with E-state index >= 15 is 0 Å². The molecule has 2 rings (SSSR count). The molecule has 1 aliphatic heterocycles. The van der Waals surface area contributed by atoms with E-state index < -0.39 is 12.0 Å². The maximum Gasteiger partial charge on any atom is 0.328 e. The lowest BCUT2D eigenvalue weighted by Gasteiger charge is -2.20. The first-order valence-electron chi connectivity index (χ1n) is 8.08. The highest BCUT2D eigenvalue weighted by atomic mass is 32.2. The van der Waals surface area contributed by atoms with Crippen molar-refractivity contribution in [2.24, 2.45) is 0 Å². The highest BCUT2D eigenvalue weighted by Crippen LogP contribution is 2.35. The third-order valence-corrected chi connectivity index (χ3v) is 5.03. The largest absolute Gasteiger partial charge is 0.493 e. The second-order valence-corrected chi connectivity index (χ2v) is 7.19. The Labute approximate surface area is 162 Å². The van der Waals surface area contributed by atoms with Gasteiger partial charge >= 0.3 is 5.97 Å². The van der Waals surface area contributed by atoms with Gasteiger partial charge in [0.2, 0.25) is 0 Å². The summed E-state index contributed by atoms with van der Waals surface area (Å²) < 4.78 is 16.0. The van der Waals surface area contributed by atoms with E-state index in [9.17, 15) is 9.59 Å². The third kappa shape index (κ3) is 4.37. The number of hydrogen-bond donors (Lipinski definition) is 0. The molecule has 1 amide bonds. The summed E-state index contributed by atoms with van der Waals surface area (Å²) in [5.41, 5.74) is 0.775. The minimum atomic E-state index is -0.766. The summed E-state index contributed by atoms with van der Waals surface area (Å²) in [6, 6.07) is 4.67. The fraction of sp³-hybridized carbons (Fsp3) is 0.389. The molecule has 140 valence electrons. The smallest absolute Gasteiger partial charge is 0.328 e. The van der Waals surface area contributed by atoms with E-state index in [2.05, 4.69) is 0 Å². The molecule has 26 heavy (non-hydrogen) atoms. The molecule has 0 saturated carbocycles. The van der Waals surface area contributed by atoms with Crippen molar-refractivity contribution in [2.45, 2.75) is 26.3 Å². The molecule has 1 atom stereocenters. The zero-order valence-corrected chi connectivity index (χ0v) is 16.7. The van der Waals surface area contributed by atoms with Crippen LogP contribution in [0.3, 0.4) is 0 Å². The molecule has 1 unspecified atom stereocenters. The summed E-state index contributed by atoms with van der Waals surface area (Å²) in [7, 11) is 2.84. The number of carbonyl (C=O) groups excluding carboxylic acids is 2. The number of thioether (sulfide) groups is 1. The molecule has 1 saturated heterocycles. The Hall–Kier alpha value is -2.06. The van der Waals surface area contributed by atoms with Gasteiger partial charge < -0.3 is 14.2 Å². The Bertz CT molecular complexity index is 747. The quantitative estimate of drug-likeness (QED) is 0.399. The molecule has 0 aliphatic carbocycles. The van der Waals surface area contributed by atoms with E-state index in [1.165, 1.54) is 12.0 Å². The Morgan fingerprint density at radius 3 is 2.69 bits per heavy atom. The number of thiocarbonyl (C=S) groups is 1. The summed E-state index contributed by atoms with van der Waals surface area (Å²) in [6.07, 6.45) is 2.61. The molecule has 1 aliphatic rings. The lowest BCUT2D eigenvalue weighted by Crippen LogP contribution is -2.42. The van der Waals surface area contributed by atoms with Crippen molar-refractivity contribution in [2.75, 3.05) is 20.8 Å². The lowest BCUT2D eigenvalue weighted by atomic mass is 10.1. The standard InChI is InChI=1S/C18H21NO5S2/c1-5-8-24-13-7-6-12(9-14(13)22-3)10-15-16(20)19(18(25)26-15)11(2)17(21)23-4/h6-7,9-11H,5,8H2,1-4H3. The summed E-state index contributed by atoms with van der Waals surface area (Å²) in [5, 5.41) is 0. The molecule has 0 N–H and O–H groups in total. The molecule has 1 fully saturated rings. The average molecular weight is 396 g/mol. The normalized spacial score (nSPS) is 16.8. The van der Waals surface area contributed by atoms with Gasteiger partial charge in [-0.2, -0.15) is 0 Å². The zero-order chi connectivity index (χ0) is 19.3. The van der Waals surface area contributed by atoms with Crippen LogP contribution in [-0.2, 0) is 14.3 Å². The molecule has 1 aromatic carbocycles. The molecule has 6 nitrogen and oxygen atoms in total. The SMILES string of the molecule is CCCOc1ccc(C=C2SC(=S)N(C(C)C(=O)OC)C2=O)cc1OC. The van der Waals surface area contributed by atoms with Crippen LogP contribution in [0.5, 0.6) is 11.5 Å². The molecule has 8 heteroatoms. The molecular formula is C18H21NO5S2. The Balaban J connectivity index is 2.26. The summed E-state index contributed by atoms with van der Waals surface area (Å²) in [4.78, 5) is 26.1. The fourth-order valence-electron chi connectivity index (χ4n) is 2.35. The van der Waals surface area contributed by atoms with Crippen molar-refractivity contribution >= 4 is 46.3 Å². The van der Waals surface area contributed by atoms with E-state index in [1.807, 2.05) is 13.0 Å². The minimum Gasteiger partial charge on any atom is -0.493 e. The van der Waals surface area contributed by atoms with Gasteiger partial charge in [-0.25, -0.2) is 4.79 Å². The van der Waals surface area contributed by atoms with Crippen molar-refractivity contribution in [3.8, 4) is 11.5 Å². The number of benzene rings is 1. The Morgan fingerprint density at radius 2 is 2.08 bits per heavy atom. The van der Waals surface area contributed by atoms with Gasteiger partial charge in [0.25, 0.3) is 5.91 Å². The van der Waals surface area contributed by atoms with Gasteiger partial charge in [-0.3, -0.25) is 9.69 Å². The van der Waals surface area contributed by atoms with Crippen LogP contribution in [0.25, 0.3) is 6.08 Å². The van der Waals surface area contributed by atoms with Crippen molar-refractivity contribution in [1.29, 1.82) is 0 Å². The van der Waals surface area contributed by atoms with E-state index in [1.54, 1.807) is 32.2 Å². The van der Waals surface area contributed by atoms with Crippen LogP contribution in [0, 0.1) is 0 Å². The monoisotopic (exact) mass is 395 g/mol. The highest BCUT2D eigenvalue weighted by molar-refractivity contribution is 8.26. The van der Waals surface area contributed by atoms with E-state index in [0.717, 1.165) is 23.7 Å². The zero-order valence-electron chi connectivity index (χ0n) is 15.1. The van der Waals surface area contributed by atoms with Gasteiger partial charge in [0.15, 0.2) is 11.5 Å². The maximum absolute atomic E-state index is 12.6. The molecular weight excluding hydrogens is 374 g/mol. The number of amides is 1. The first-order valence-corrected chi connectivity index (χ1v) is 9.31. The Kier molecular flexibility index (Phi) is 7.05. The van der Waals surface area contributed by atoms with Crippen LogP contribution in [0.15, 0.2) is 23.1 Å². The molecule has 0 radical (unpaired) electrons. The van der Waals surface area contributed by atoms with E-state index in [4.69, 9.17) is 26.4 Å². The van der Waals surface area contributed by atoms with Crippen molar-refractivity contribution in [3.63, 3.8) is 0 Å². The van der Waals surface area contributed by atoms with Crippen LogP contribution in [0.1, 0.15) is 25.8 Å². The third-order valence-electron chi connectivity index (χ3n) is 3.70. The average Bonchev–Trinajstić information content (AvgIpc) is 2.92. The second-order valence-electron chi connectivity index (χ2n) is 5.51. The first kappa shape index (κ1) is 20.3. The fourth-order valence-corrected chi connectivity index (χ4v) is 3.76. The molecule has 1 aromatic rings. The highest BCUT2D eigenvalue weighted by Gasteiger charge is 2.38. The predicted molar refractivity (Wildman–Crippen MR) is 105 cm³/mol. The summed E-state index contributed by atoms with van der Waals surface area (Å²) in [5.74, 6) is 0.411. The van der Waals surface area contributed by atoms with Gasteiger partial charge in [-0.15, -0.1) is 0 Å². The number of rotatable bonds is 7. The molecule has 0 aromatic heterocycles. The van der Waals surface area contributed by atoms with E-state index in [0.29, 0.717) is 27.3 Å². The predicted octanol–water partition coefficient (Wildman–Crippen LogP) is 3.25. The van der Waals surface area contributed by atoms with Crippen LogP contribution in [-0.4, -0.2) is 48.0 Å². The number of hydrogen-bond acceptors (Lipinski definition) is 7. The van der Waals surface area contributed by atoms with Gasteiger partial charge in [-0.05, 0) is 37.1 Å². The van der Waals surface area contributed by atoms with Crippen LogP contribution in [0.4, 0.5) is 0 Å². The van der Waals surface area contributed by atoms with Gasteiger partial charge in [0.1, 0.15) is 10.4 Å². The molecule has 0 bridgehead atoms. The number of methoxy groups -OCH3 is 2. The number of esters is 1. The van der Waals surface area contributed by atoms with Crippen LogP contribution < -0.4 is 9.47 Å². The molecule has 0 spiro atoms. The number of nitrogens with zero attached hydrogens (tertiary/aromatic N) is 1. The van der Waals surface area contributed by atoms with Crippen molar-refractivity contribution in [3.05, 3.63) is 28.7 Å². The van der Waals surface area contributed by atoms with Crippen molar-refractivity contribution < 1.29 is 23.8 Å². The molecule has 1 heterocycles. The van der Waals surface area contributed by atoms with Gasteiger partial charge in [-0.1, -0.05) is 37.0 Å².